The lowest BCUT2D eigenvalue weighted by Gasteiger charge is -2.18. The number of rotatable bonds is 6. The number of aliphatic hydroxyl groups is 1. The van der Waals surface area contributed by atoms with Crippen molar-refractivity contribution in [2.75, 3.05) is 19.7 Å². The van der Waals surface area contributed by atoms with Crippen LogP contribution in [0.5, 0.6) is 11.5 Å². The van der Waals surface area contributed by atoms with E-state index in [9.17, 15) is 4.79 Å². The molecule has 0 aliphatic carbocycles. The predicted octanol–water partition coefficient (Wildman–Crippen LogP) is 1.94. The van der Waals surface area contributed by atoms with Crippen LogP contribution in [0.15, 0.2) is 42.7 Å². The van der Waals surface area contributed by atoms with Crippen molar-refractivity contribution in [3.63, 3.8) is 0 Å². The first-order chi connectivity index (χ1) is 12.2. The van der Waals surface area contributed by atoms with Gasteiger partial charge in [0.1, 0.15) is 17.6 Å². The molecule has 2 heterocycles. The molecule has 0 bridgehead atoms. The molecule has 0 radical (unpaired) electrons. The molecule has 1 aromatic carbocycles. The maximum atomic E-state index is 12.3. The Morgan fingerprint density at radius 2 is 2.12 bits per heavy atom. The smallest absolute Gasteiger partial charge is 0.260 e. The van der Waals surface area contributed by atoms with E-state index in [2.05, 4.69) is 4.98 Å². The van der Waals surface area contributed by atoms with E-state index >= 15 is 0 Å². The summed E-state index contributed by atoms with van der Waals surface area (Å²) in [4.78, 5) is 18.1. The van der Waals surface area contributed by atoms with Crippen LogP contribution >= 0.6 is 0 Å². The first-order valence-corrected chi connectivity index (χ1v) is 8.33. The van der Waals surface area contributed by atoms with Gasteiger partial charge in [0, 0.05) is 19.2 Å². The van der Waals surface area contributed by atoms with Gasteiger partial charge < -0.3 is 19.5 Å². The van der Waals surface area contributed by atoms with Crippen LogP contribution in [0.4, 0.5) is 0 Å². The lowest BCUT2D eigenvalue weighted by Crippen LogP contribution is -2.34. The highest BCUT2D eigenvalue weighted by Crippen LogP contribution is 2.21. The maximum absolute atomic E-state index is 12.3. The minimum Gasteiger partial charge on any atom is -0.487 e. The van der Waals surface area contributed by atoms with E-state index in [-0.39, 0.29) is 25.2 Å². The number of aliphatic hydroxyl groups excluding tert-OH is 1. The van der Waals surface area contributed by atoms with Crippen molar-refractivity contribution >= 4 is 5.91 Å². The lowest BCUT2D eigenvalue weighted by atomic mass is 10.2. The molecule has 1 aliphatic rings. The average molecular weight is 342 g/mol. The molecular formula is C19H22N2O4. The summed E-state index contributed by atoms with van der Waals surface area (Å²) in [6.45, 7) is 3.18. The number of carbonyl (C=O) groups is 1. The number of amides is 1. The van der Waals surface area contributed by atoms with Crippen molar-refractivity contribution in [2.45, 2.75) is 26.1 Å². The molecule has 1 saturated heterocycles. The van der Waals surface area contributed by atoms with Crippen molar-refractivity contribution in [3.05, 3.63) is 53.9 Å². The quantitative estimate of drug-likeness (QED) is 0.869. The van der Waals surface area contributed by atoms with E-state index in [0.29, 0.717) is 18.8 Å². The first-order valence-electron chi connectivity index (χ1n) is 8.33. The minimum atomic E-state index is -0.0553. The van der Waals surface area contributed by atoms with Crippen molar-refractivity contribution in [2.24, 2.45) is 0 Å². The van der Waals surface area contributed by atoms with Crippen LogP contribution in [-0.4, -0.2) is 46.7 Å². The van der Waals surface area contributed by atoms with Gasteiger partial charge in [0.2, 0.25) is 0 Å². The van der Waals surface area contributed by atoms with E-state index in [1.807, 2.05) is 13.0 Å². The topological polar surface area (TPSA) is 71.9 Å². The second kappa shape index (κ2) is 7.98. The number of aromatic nitrogens is 1. The van der Waals surface area contributed by atoms with Crippen molar-refractivity contribution in [3.8, 4) is 11.5 Å². The number of likely N-dealkylation sites (tertiary alicyclic amines) is 1. The molecule has 1 aliphatic heterocycles. The molecule has 0 spiro atoms. The van der Waals surface area contributed by atoms with Gasteiger partial charge in [-0.05, 0) is 36.2 Å². The monoisotopic (exact) mass is 342 g/mol. The van der Waals surface area contributed by atoms with Gasteiger partial charge in [0.05, 0.1) is 19.3 Å². The summed E-state index contributed by atoms with van der Waals surface area (Å²) >= 11 is 0. The van der Waals surface area contributed by atoms with Crippen LogP contribution in [0.3, 0.4) is 0 Å². The summed E-state index contributed by atoms with van der Waals surface area (Å²) in [5.41, 5.74) is 1.85. The Hall–Kier alpha value is -2.60. The molecule has 1 N–H and O–H groups in total. The van der Waals surface area contributed by atoms with E-state index in [1.54, 1.807) is 41.6 Å². The van der Waals surface area contributed by atoms with Gasteiger partial charge in [0.25, 0.3) is 5.91 Å². The van der Waals surface area contributed by atoms with E-state index < -0.39 is 0 Å². The Morgan fingerprint density at radius 1 is 1.32 bits per heavy atom. The summed E-state index contributed by atoms with van der Waals surface area (Å²) in [6.07, 6.45) is 4.22. The zero-order valence-corrected chi connectivity index (χ0v) is 14.2. The molecule has 25 heavy (non-hydrogen) atoms. The van der Waals surface area contributed by atoms with E-state index in [0.717, 1.165) is 23.3 Å². The standard InChI is InChI=1S/C19H22N2O4/c1-14-6-8-20-10-18(14)25-17-7-9-21(11-17)19(23)13-24-16-4-2-15(12-22)3-5-16/h2-6,8,10,17,22H,7,9,11-13H2,1H3. The fourth-order valence-electron chi connectivity index (χ4n) is 2.73. The van der Waals surface area contributed by atoms with Gasteiger partial charge in [0.15, 0.2) is 6.61 Å². The first kappa shape index (κ1) is 17.2. The maximum Gasteiger partial charge on any atom is 0.260 e. The number of hydrogen-bond donors (Lipinski definition) is 1. The van der Waals surface area contributed by atoms with Crippen LogP contribution in [0, 0.1) is 6.92 Å². The summed E-state index contributed by atoms with van der Waals surface area (Å²) in [6, 6.07) is 8.95. The highest BCUT2D eigenvalue weighted by molar-refractivity contribution is 5.78. The van der Waals surface area contributed by atoms with Crippen molar-refractivity contribution < 1.29 is 19.4 Å². The van der Waals surface area contributed by atoms with E-state index in [4.69, 9.17) is 14.6 Å². The minimum absolute atomic E-state index is 0.00287. The van der Waals surface area contributed by atoms with Crippen LogP contribution in [0.1, 0.15) is 17.5 Å². The molecule has 1 fully saturated rings. The largest absolute Gasteiger partial charge is 0.487 e. The van der Waals surface area contributed by atoms with Gasteiger partial charge in [-0.2, -0.15) is 0 Å². The summed E-state index contributed by atoms with van der Waals surface area (Å²) < 4.78 is 11.5. The predicted molar refractivity (Wildman–Crippen MR) is 92.4 cm³/mol. The second-order valence-electron chi connectivity index (χ2n) is 6.10. The SMILES string of the molecule is Cc1ccncc1OC1CCN(C(=O)COc2ccc(CO)cc2)C1. The number of benzene rings is 1. The fraction of sp³-hybridized carbons (Fsp3) is 0.368. The Bertz CT molecular complexity index is 718. The Labute approximate surface area is 147 Å². The molecule has 2 aromatic rings. The Balaban J connectivity index is 1.48. The van der Waals surface area contributed by atoms with Gasteiger partial charge in [-0.25, -0.2) is 0 Å². The van der Waals surface area contributed by atoms with Crippen molar-refractivity contribution in [1.29, 1.82) is 0 Å². The zero-order valence-electron chi connectivity index (χ0n) is 14.2. The highest BCUT2D eigenvalue weighted by atomic mass is 16.5. The molecule has 1 amide bonds. The lowest BCUT2D eigenvalue weighted by molar-refractivity contribution is -0.132. The third-order valence-electron chi connectivity index (χ3n) is 4.25. The normalized spacial score (nSPS) is 16.7. The zero-order chi connectivity index (χ0) is 17.6. The van der Waals surface area contributed by atoms with Gasteiger partial charge in [-0.3, -0.25) is 9.78 Å². The molecule has 6 heteroatoms. The number of pyridine rings is 1. The van der Waals surface area contributed by atoms with Gasteiger partial charge in [-0.1, -0.05) is 12.1 Å². The van der Waals surface area contributed by atoms with Crippen molar-refractivity contribution in [1.82, 2.24) is 9.88 Å². The number of nitrogens with zero attached hydrogens (tertiary/aromatic N) is 2. The Kier molecular flexibility index (Phi) is 5.50. The summed E-state index contributed by atoms with van der Waals surface area (Å²) in [7, 11) is 0. The number of ether oxygens (including phenoxy) is 2. The van der Waals surface area contributed by atoms with Crippen LogP contribution in [0.25, 0.3) is 0 Å². The van der Waals surface area contributed by atoms with E-state index in [1.165, 1.54) is 0 Å². The molecule has 6 nitrogen and oxygen atoms in total. The third-order valence-corrected chi connectivity index (χ3v) is 4.25. The third kappa shape index (κ3) is 4.48. The van der Waals surface area contributed by atoms with Gasteiger partial charge in [-0.15, -0.1) is 0 Å². The number of carbonyl (C=O) groups excluding carboxylic acids is 1. The average Bonchev–Trinajstić information content (AvgIpc) is 3.11. The Morgan fingerprint density at radius 3 is 2.84 bits per heavy atom. The highest BCUT2D eigenvalue weighted by Gasteiger charge is 2.28. The molecule has 1 aromatic heterocycles. The fourth-order valence-corrected chi connectivity index (χ4v) is 2.73. The molecule has 132 valence electrons. The molecule has 0 saturated carbocycles. The van der Waals surface area contributed by atoms with Crippen LogP contribution in [0.2, 0.25) is 0 Å². The van der Waals surface area contributed by atoms with Crippen LogP contribution < -0.4 is 9.47 Å². The summed E-state index contributed by atoms with van der Waals surface area (Å²) in [5.74, 6) is 1.32. The molecule has 1 atom stereocenters. The van der Waals surface area contributed by atoms with Gasteiger partial charge >= 0.3 is 0 Å². The molecule has 3 rings (SSSR count). The molecule has 1 unspecified atom stereocenters. The second-order valence-corrected chi connectivity index (χ2v) is 6.10. The number of hydrogen-bond acceptors (Lipinski definition) is 5. The van der Waals surface area contributed by atoms with Crippen LogP contribution in [-0.2, 0) is 11.4 Å². The number of aryl methyl sites for hydroxylation is 1. The summed E-state index contributed by atoms with van der Waals surface area (Å²) in [5, 5.41) is 9.02. The molecular weight excluding hydrogens is 320 g/mol.